The molecule has 0 spiro atoms. The van der Waals surface area contributed by atoms with E-state index in [1.54, 1.807) is 7.11 Å². The predicted molar refractivity (Wildman–Crippen MR) is 135 cm³/mol. The summed E-state index contributed by atoms with van der Waals surface area (Å²) in [4.78, 5) is 33.7. The molecule has 2 unspecified atom stereocenters. The second-order valence-electron chi connectivity index (χ2n) is 9.88. The number of ether oxygens (including phenoxy) is 3. The van der Waals surface area contributed by atoms with Crippen molar-refractivity contribution in [3.05, 3.63) is 17.7 Å². The fourth-order valence-electron chi connectivity index (χ4n) is 5.43. The van der Waals surface area contributed by atoms with Crippen LogP contribution in [0.5, 0.6) is 17.2 Å². The van der Waals surface area contributed by atoms with Gasteiger partial charge in [0.1, 0.15) is 0 Å². The number of rotatable bonds is 14. The minimum Gasteiger partial charge on any atom is -0.493 e. The molecule has 1 aromatic rings. The van der Waals surface area contributed by atoms with E-state index >= 15 is 0 Å². The van der Waals surface area contributed by atoms with Gasteiger partial charge in [-0.2, -0.15) is 0 Å². The standard InChI is InChI=1S/C27H42N2O7/c1-6-9-18(4)12-21-25(27(31)32)20(19-13-22(33-5)26-23(14-19)34-17-35-26)15-28(21)16-24(30)29(10-7-2)36-11-8-3/h13-14,18,20-21,25H,6-12,15-17H2,1-5H3,(H,31,32)/t18?,20-,21+,25?/m1/s1. The smallest absolute Gasteiger partial charge is 0.308 e. The van der Waals surface area contributed by atoms with Crippen LogP contribution in [-0.4, -0.2) is 73.1 Å². The highest BCUT2D eigenvalue weighted by Gasteiger charge is 2.48. The Hall–Kier alpha value is -2.52. The Morgan fingerprint density at radius 3 is 2.61 bits per heavy atom. The Morgan fingerprint density at radius 1 is 1.19 bits per heavy atom. The largest absolute Gasteiger partial charge is 0.493 e. The minimum absolute atomic E-state index is 0.102. The summed E-state index contributed by atoms with van der Waals surface area (Å²) >= 11 is 0. The number of likely N-dealkylation sites (tertiary alicyclic amines) is 1. The number of nitrogens with zero attached hydrogens (tertiary/aromatic N) is 2. The van der Waals surface area contributed by atoms with Crippen LogP contribution in [0.3, 0.4) is 0 Å². The third-order valence-electron chi connectivity index (χ3n) is 7.06. The van der Waals surface area contributed by atoms with Gasteiger partial charge in [-0.3, -0.25) is 19.3 Å². The van der Waals surface area contributed by atoms with Crippen molar-refractivity contribution in [3.63, 3.8) is 0 Å². The molecule has 4 atom stereocenters. The molecule has 0 aliphatic carbocycles. The fraction of sp³-hybridized carbons (Fsp3) is 0.704. The average molecular weight is 507 g/mol. The van der Waals surface area contributed by atoms with E-state index in [0.29, 0.717) is 49.3 Å². The van der Waals surface area contributed by atoms with Gasteiger partial charge in [-0.15, -0.1) is 0 Å². The first kappa shape index (κ1) is 28.1. The van der Waals surface area contributed by atoms with Crippen LogP contribution in [0.25, 0.3) is 0 Å². The number of benzene rings is 1. The van der Waals surface area contributed by atoms with Crippen LogP contribution >= 0.6 is 0 Å². The lowest BCUT2D eigenvalue weighted by molar-refractivity contribution is -0.188. The van der Waals surface area contributed by atoms with Crippen molar-refractivity contribution in [2.75, 3.05) is 40.1 Å². The van der Waals surface area contributed by atoms with Crippen LogP contribution in [0, 0.1) is 11.8 Å². The first-order chi connectivity index (χ1) is 17.3. The molecular weight excluding hydrogens is 464 g/mol. The maximum atomic E-state index is 13.3. The van der Waals surface area contributed by atoms with Crippen LogP contribution in [0.4, 0.5) is 0 Å². The van der Waals surface area contributed by atoms with Crippen molar-refractivity contribution in [3.8, 4) is 17.2 Å². The summed E-state index contributed by atoms with van der Waals surface area (Å²) < 4.78 is 16.7. The first-order valence-electron chi connectivity index (χ1n) is 13.2. The molecule has 3 rings (SSSR count). The maximum Gasteiger partial charge on any atom is 0.308 e. The van der Waals surface area contributed by atoms with Gasteiger partial charge in [0.25, 0.3) is 5.91 Å². The van der Waals surface area contributed by atoms with E-state index < -0.39 is 11.9 Å². The lowest BCUT2D eigenvalue weighted by Crippen LogP contribution is -2.45. The Kier molecular flexibility index (Phi) is 10.2. The zero-order valence-corrected chi connectivity index (χ0v) is 22.3. The molecule has 0 saturated carbocycles. The summed E-state index contributed by atoms with van der Waals surface area (Å²) in [6.45, 7) is 9.95. The molecule has 9 heteroatoms. The van der Waals surface area contributed by atoms with Gasteiger partial charge in [0, 0.05) is 25.0 Å². The van der Waals surface area contributed by atoms with Crippen molar-refractivity contribution >= 4 is 11.9 Å². The van der Waals surface area contributed by atoms with Gasteiger partial charge >= 0.3 is 5.97 Å². The van der Waals surface area contributed by atoms with Gasteiger partial charge in [-0.05, 0) is 42.9 Å². The molecule has 1 aromatic carbocycles. The number of hydroxylamine groups is 2. The lowest BCUT2D eigenvalue weighted by Gasteiger charge is -2.30. The second kappa shape index (κ2) is 13.1. The SMILES string of the molecule is CCCON(CCC)C(=O)CN1C[C@H](c2cc(OC)c3c(c2)OCO3)C(C(=O)O)[C@@H]1CC(C)CCC. The quantitative estimate of drug-likeness (QED) is 0.373. The van der Waals surface area contributed by atoms with Crippen molar-refractivity contribution in [2.45, 2.75) is 71.8 Å². The zero-order valence-electron chi connectivity index (χ0n) is 22.3. The van der Waals surface area contributed by atoms with E-state index in [0.717, 1.165) is 31.2 Å². The van der Waals surface area contributed by atoms with E-state index in [1.165, 1.54) is 5.06 Å². The highest BCUT2D eigenvalue weighted by Crippen LogP contribution is 2.47. The highest BCUT2D eigenvalue weighted by atomic mass is 16.7. The van der Waals surface area contributed by atoms with E-state index in [2.05, 4.69) is 13.8 Å². The molecule has 0 aromatic heterocycles. The molecule has 0 radical (unpaired) electrons. The summed E-state index contributed by atoms with van der Waals surface area (Å²) in [5.74, 6) is -0.0219. The summed E-state index contributed by atoms with van der Waals surface area (Å²) in [7, 11) is 1.56. The first-order valence-corrected chi connectivity index (χ1v) is 13.2. The van der Waals surface area contributed by atoms with Crippen molar-refractivity contribution in [1.29, 1.82) is 0 Å². The zero-order chi connectivity index (χ0) is 26.2. The number of amides is 1. The van der Waals surface area contributed by atoms with Crippen LogP contribution < -0.4 is 14.2 Å². The molecule has 202 valence electrons. The number of carboxylic acids is 1. The third-order valence-corrected chi connectivity index (χ3v) is 7.06. The lowest BCUT2D eigenvalue weighted by atomic mass is 9.81. The number of hydrogen-bond acceptors (Lipinski definition) is 7. The van der Waals surface area contributed by atoms with Gasteiger partial charge in [-0.1, -0.05) is 40.5 Å². The van der Waals surface area contributed by atoms with Crippen LogP contribution in [0.2, 0.25) is 0 Å². The minimum atomic E-state index is -0.854. The molecule has 36 heavy (non-hydrogen) atoms. The Labute approximate surface area is 214 Å². The van der Waals surface area contributed by atoms with Gasteiger partial charge in [0.2, 0.25) is 12.5 Å². The van der Waals surface area contributed by atoms with Crippen LogP contribution in [0.15, 0.2) is 12.1 Å². The van der Waals surface area contributed by atoms with Gasteiger partial charge in [-0.25, -0.2) is 5.06 Å². The van der Waals surface area contributed by atoms with Crippen LogP contribution in [0.1, 0.15) is 71.3 Å². The Balaban J connectivity index is 1.93. The second-order valence-corrected chi connectivity index (χ2v) is 9.88. The van der Waals surface area contributed by atoms with E-state index in [-0.39, 0.29) is 31.2 Å². The molecule has 0 bridgehead atoms. The normalized spacial score (nSPS) is 22.0. The van der Waals surface area contributed by atoms with Crippen LogP contribution in [-0.2, 0) is 14.4 Å². The summed E-state index contributed by atoms with van der Waals surface area (Å²) in [6, 6.07) is 3.43. The number of fused-ring (bicyclic) bond motifs is 1. The molecule has 2 aliphatic rings. The molecular formula is C27H42N2O7. The van der Waals surface area contributed by atoms with Gasteiger partial charge in [0.05, 0.1) is 26.2 Å². The maximum absolute atomic E-state index is 13.3. The Bertz CT molecular complexity index is 893. The molecule has 1 amide bonds. The number of carbonyl (C=O) groups is 2. The van der Waals surface area contributed by atoms with Crippen molar-refractivity contribution in [1.82, 2.24) is 9.96 Å². The van der Waals surface area contributed by atoms with E-state index in [4.69, 9.17) is 19.0 Å². The summed E-state index contributed by atoms with van der Waals surface area (Å²) in [6.07, 6.45) is 4.34. The monoisotopic (exact) mass is 506 g/mol. The summed E-state index contributed by atoms with van der Waals surface area (Å²) in [5.41, 5.74) is 0.819. The van der Waals surface area contributed by atoms with Gasteiger partial charge in [0.15, 0.2) is 11.5 Å². The number of carboxylic acid groups (broad SMARTS) is 1. The topological polar surface area (TPSA) is 97.8 Å². The van der Waals surface area contributed by atoms with Crippen molar-refractivity contribution in [2.24, 2.45) is 11.8 Å². The molecule has 1 N–H and O–H groups in total. The number of methoxy groups -OCH3 is 1. The van der Waals surface area contributed by atoms with Crippen molar-refractivity contribution < 1.29 is 33.7 Å². The molecule has 1 fully saturated rings. The molecule has 1 saturated heterocycles. The van der Waals surface area contributed by atoms with Gasteiger partial charge < -0.3 is 19.3 Å². The highest BCUT2D eigenvalue weighted by molar-refractivity contribution is 5.78. The number of hydrogen-bond donors (Lipinski definition) is 1. The third kappa shape index (κ3) is 6.42. The molecule has 9 nitrogen and oxygen atoms in total. The predicted octanol–water partition coefficient (Wildman–Crippen LogP) is 4.30. The average Bonchev–Trinajstić information content (AvgIpc) is 3.46. The number of carbonyl (C=O) groups excluding carboxylic acids is 1. The van der Waals surface area contributed by atoms with E-state index in [1.807, 2.05) is 30.9 Å². The fourth-order valence-corrected chi connectivity index (χ4v) is 5.43. The summed E-state index contributed by atoms with van der Waals surface area (Å²) in [5, 5.41) is 11.9. The van der Waals surface area contributed by atoms with E-state index in [9.17, 15) is 14.7 Å². The Morgan fingerprint density at radius 2 is 1.97 bits per heavy atom. The molecule has 2 aliphatic heterocycles. The number of aliphatic carboxylic acids is 1. The molecule has 2 heterocycles.